The van der Waals surface area contributed by atoms with Gasteiger partial charge in [0.1, 0.15) is 22.5 Å². The number of para-hydroxylation sites is 4. The predicted octanol–water partition coefficient (Wildman–Crippen LogP) is 15.9. The van der Waals surface area contributed by atoms with Gasteiger partial charge in [-0.05, 0) is 93.7 Å². The summed E-state index contributed by atoms with van der Waals surface area (Å²) in [5.74, 6) is 0. The fourth-order valence-electron chi connectivity index (χ4n) is 11.8. The molecule has 16 rings (SSSR count). The van der Waals surface area contributed by atoms with E-state index in [9.17, 15) is 0 Å². The highest BCUT2D eigenvalue weighted by Crippen LogP contribution is 2.43. The first-order valence-corrected chi connectivity index (χ1v) is 23.0. The van der Waals surface area contributed by atoms with Gasteiger partial charge in [-0.15, -0.1) is 0 Å². The minimum absolute atomic E-state index is 0.958. The third-order valence-corrected chi connectivity index (χ3v) is 14.7. The van der Waals surface area contributed by atoms with Crippen LogP contribution in [0, 0.1) is 0 Å². The van der Waals surface area contributed by atoms with Gasteiger partial charge in [-0.25, -0.2) is 4.98 Å². The second-order valence-corrected chi connectivity index (χ2v) is 18.1. The summed E-state index contributed by atoms with van der Waals surface area (Å²) in [6.45, 7) is 0. The van der Waals surface area contributed by atoms with Crippen LogP contribution in [0.5, 0.6) is 0 Å². The number of aromatic amines is 2. The maximum atomic E-state index is 5.39. The number of hydrogen-bond donors (Lipinski definition) is 2. The molecule has 0 unspecified atom stereocenters. The lowest BCUT2D eigenvalue weighted by atomic mass is 9.96. The van der Waals surface area contributed by atoms with Gasteiger partial charge in [-0.3, -0.25) is 8.80 Å². The first-order valence-electron chi connectivity index (χ1n) is 23.0. The predicted molar refractivity (Wildman–Crippen MR) is 280 cm³/mol. The Balaban J connectivity index is 0.863. The third-order valence-electron chi connectivity index (χ3n) is 14.7. The van der Waals surface area contributed by atoms with Gasteiger partial charge in [0.25, 0.3) is 0 Å². The van der Waals surface area contributed by atoms with Crippen molar-refractivity contribution in [1.29, 1.82) is 0 Å². The number of hydrogen-bond acceptors (Lipinski definition) is 1. The molecule has 0 saturated heterocycles. The van der Waals surface area contributed by atoms with E-state index in [1.807, 2.05) is 0 Å². The number of nitrogens with one attached hydrogen (secondary N) is 2. The summed E-state index contributed by atoms with van der Waals surface area (Å²) < 4.78 is 7.16. The van der Waals surface area contributed by atoms with Crippen LogP contribution in [0.4, 0.5) is 0 Å². The zero-order valence-electron chi connectivity index (χ0n) is 35.9. The molecule has 0 saturated carbocycles. The van der Waals surface area contributed by atoms with Crippen molar-refractivity contribution in [2.45, 2.75) is 0 Å². The Kier molecular flexibility index (Phi) is 6.72. The lowest BCUT2D eigenvalue weighted by molar-refractivity contribution is 1.18. The summed E-state index contributed by atoms with van der Waals surface area (Å²) in [6, 6.07) is 75.5. The molecule has 6 nitrogen and oxygen atoms in total. The van der Waals surface area contributed by atoms with Gasteiger partial charge in [0.15, 0.2) is 0 Å². The van der Waals surface area contributed by atoms with Gasteiger partial charge < -0.3 is 14.5 Å². The van der Waals surface area contributed by atoms with Crippen LogP contribution in [0.3, 0.4) is 0 Å². The van der Waals surface area contributed by atoms with Crippen LogP contribution < -0.4 is 0 Å². The molecule has 0 aliphatic rings. The summed E-state index contributed by atoms with van der Waals surface area (Å²) in [6.07, 6.45) is 0. The molecular weight excluding hydrogens is 817 g/mol. The normalized spacial score (nSPS) is 12.5. The second kappa shape index (κ2) is 12.8. The highest BCUT2D eigenvalue weighted by molar-refractivity contribution is 6.21. The Morgan fingerprint density at radius 3 is 1.78 bits per heavy atom. The van der Waals surface area contributed by atoms with E-state index in [4.69, 9.17) is 4.98 Å². The lowest BCUT2D eigenvalue weighted by Crippen LogP contribution is -1.94. The number of rotatable bonds is 3. The fraction of sp³-hybridized carbons (Fsp3) is 0. The van der Waals surface area contributed by atoms with E-state index < -0.39 is 0 Å². The zero-order chi connectivity index (χ0) is 43.5. The van der Waals surface area contributed by atoms with Crippen molar-refractivity contribution in [2.75, 3.05) is 0 Å². The average Bonchev–Trinajstić information content (AvgIpc) is 4.20. The first kappa shape index (κ1) is 35.2. The minimum atomic E-state index is 0.958. The van der Waals surface area contributed by atoms with Crippen LogP contribution in [0.15, 0.2) is 206 Å². The van der Waals surface area contributed by atoms with Crippen molar-refractivity contribution in [1.82, 2.24) is 28.3 Å². The van der Waals surface area contributed by atoms with Crippen molar-refractivity contribution < 1.29 is 0 Å². The Morgan fingerprint density at radius 1 is 0.328 bits per heavy atom. The number of fused-ring (bicyclic) bond motifs is 23. The number of nitrogens with zero attached hydrogens (tertiary/aromatic N) is 4. The van der Waals surface area contributed by atoms with Crippen LogP contribution in [0.25, 0.3) is 148 Å². The molecule has 7 heterocycles. The van der Waals surface area contributed by atoms with Crippen molar-refractivity contribution in [3.05, 3.63) is 206 Å². The van der Waals surface area contributed by atoms with E-state index in [1.54, 1.807) is 0 Å². The molecular formula is C61H36N6. The molecule has 0 radical (unpaired) electrons. The topological polar surface area (TPSA) is 58.2 Å². The smallest absolute Gasteiger partial charge is 0.147 e. The summed E-state index contributed by atoms with van der Waals surface area (Å²) in [5.41, 5.74) is 18.0. The second-order valence-electron chi connectivity index (χ2n) is 18.1. The SMILES string of the molecule is c1cc(-c2ccc3c(c2)[nH]c2c3cc3c4ccccc4c4ccccc4n32)cc(-n2c3ccccc3c3c(-c4ccc5c6ccccc6n6c(nc7c8ccccc8[nH]c76)c5c4)cccc32)c1. The maximum absolute atomic E-state index is 5.39. The van der Waals surface area contributed by atoms with Gasteiger partial charge in [0.2, 0.25) is 0 Å². The van der Waals surface area contributed by atoms with E-state index >= 15 is 0 Å². The number of imidazole rings is 1. The highest BCUT2D eigenvalue weighted by atomic mass is 15.1. The van der Waals surface area contributed by atoms with Crippen LogP contribution >= 0.6 is 0 Å². The molecule has 16 aromatic rings. The summed E-state index contributed by atoms with van der Waals surface area (Å²) in [4.78, 5) is 13.0. The van der Waals surface area contributed by atoms with E-state index in [2.05, 4.69) is 230 Å². The quantitative estimate of drug-likeness (QED) is 0.171. The minimum Gasteiger partial charge on any atom is -0.340 e. The van der Waals surface area contributed by atoms with E-state index in [0.717, 1.165) is 61.0 Å². The molecule has 6 heteroatoms. The molecule has 67 heavy (non-hydrogen) atoms. The van der Waals surface area contributed by atoms with Gasteiger partial charge >= 0.3 is 0 Å². The van der Waals surface area contributed by atoms with Crippen molar-refractivity contribution in [3.8, 4) is 27.9 Å². The van der Waals surface area contributed by atoms with Crippen LogP contribution in [0.1, 0.15) is 0 Å². The Morgan fingerprint density at radius 2 is 0.940 bits per heavy atom. The molecule has 0 spiro atoms. The average molecular weight is 853 g/mol. The van der Waals surface area contributed by atoms with Gasteiger partial charge in [0, 0.05) is 65.2 Å². The van der Waals surface area contributed by atoms with E-state index in [1.165, 1.54) is 87.2 Å². The molecule has 0 aliphatic carbocycles. The first-order chi connectivity index (χ1) is 33.2. The molecule has 7 aromatic heterocycles. The molecule has 0 bridgehead atoms. The number of H-pyrrole nitrogens is 2. The Labute approximate surface area is 381 Å². The van der Waals surface area contributed by atoms with Crippen molar-refractivity contribution in [3.63, 3.8) is 0 Å². The van der Waals surface area contributed by atoms with Gasteiger partial charge in [-0.1, -0.05) is 146 Å². The largest absolute Gasteiger partial charge is 0.340 e. The fourth-order valence-corrected chi connectivity index (χ4v) is 11.8. The van der Waals surface area contributed by atoms with Crippen LogP contribution in [-0.2, 0) is 0 Å². The molecule has 310 valence electrons. The van der Waals surface area contributed by atoms with E-state index in [-0.39, 0.29) is 0 Å². The molecule has 2 N–H and O–H groups in total. The maximum Gasteiger partial charge on any atom is 0.147 e. The van der Waals surface area contributed by atoms with Crippen molar-refractivity contribution >= 4 is 120 Å². The lowest BCUT2D eigenvalue weighted by Gasteiger charge is -2.12. The van der Waals surface area contributed by atoms with Gasteiger partial charge in [-0.2, -0.15) is 0 Å². The molecule has 9 aromatic carbocycles. The standard InChI is InChI=1S/C61H36N6/c1-2-18-45-40(15-1)43-16-4-8-23-52(43)66-56(45)34-49-42-30-27-36(33-51(42)63-59(49)66)35-13-11-14-38(31-35)65-54-25-10-6-20-47(54)57-39(21-12-26-55(57)65)37-28-29-41-44-17-5-9-24-53(44)67-60(48(41)32-37)64-58-46-19-3-7-22-50(46)62-61(58)67/h1-34,62-63H. The summed E-state index contributed by atoms with van der Waals surface area (Å²) >= 11 is 0. The summed E-state index contributed by atoms with van der Waals surface area (Å²) in [7, 11) is 0. The number of pyridine rings is 2. The van der Waals surface area contributed by atoms with Crippen molar-refractivity contribution in [2.24, 2.45) is 0 Å². The molecule has 0 atom stereocenters. The number of benzene rings is 9. The van der Waals surface area contributed by atoms with Crippen LogP contribution in [0.2, 0.25) is 0 Å². The van der Waals surface area contributed by atoms with Crippen LogP contribution in [-0.4, -0.2) is 28.3 Å². The third kappa shape index (κ3) is 4.65. The Bertz CT molecular complexity index is 4820. The highest BCUT2D eigenvalue weighted by Gasteiger charge is 2.21. The number of aromatic nitrogens is 6. The van der Waals surface area contributed by atoms with E-state index in [0.29, 0.717) is 0 Å². The monoisotopic (exact) mass is 852 g/mol. The van der Waals surface area contributed by atoms with Gasteiger partial charge in [0.05, 0.1) is 27.6 Å². The zero-order valence-corrected chi connectivity index (χ0v) is 35.9. The molecule has 0 amide bonds. The molecule has 0 fully saturated rings. The summed E-state index contributed by atoms with van der Waals surface area (Å²) in [5, 5.41) is 13.4. The molecule has 0 aliphatic heterocycles. The Hall–Kier alpha value is -9.13.